The quantitative estimate of drug-likeness (QED) is 0.623. The lowest BCUT2D eigenvalue weighted by Crippen LogP contribution is -2.12. The molecule has 3 aromatic rings. The number of anilines is 2. The topological polar surface area (TPSA) is 114 Å². The van der Waals surface area contributed by atoms with Gasteiger partial charge in [-0.3, -0.25) is 9.59 Å². The lowest BCUT2D eigenvalue weighted by molar-refractivity contribution is 0.0600. The molecule has 1 aromatic carbocycles. The van der Waals surface area contributed by atoms with Crippen LogP contribution in [0, 0.1) is 6.92 Å². The number of H-pyrrole nitrogens is 1. The zero-order valence-corrected chi connectivity index (χ0v) is 14.3. The van der Waals surface area contributed by atoms with Gasteiger partial charge in [-0.15, -0.1) is 11.3 Å². The van der Waals surface area contributed by atoms with Gasteiger partial charge in [-0.25, -0.2) is 4.79 Å². The first-order chi connectivity index (χ1) is 11.9. The van der Waals surface area contributed by atoms with Crippen molar-refractivity contribution in [2.24, 2.45) is 0 Å². The SMILES string of the molecule is COC(=O)c1cccc(NC(=O)c2sc3[nH]c(=O)cc(C)c3c2N)c1. The maximum atomic E-state index is 12.6. The Balaban J connectivity index is 1.96. The predicted molar refractivity (Wildman–Crippen MR) is 97.3 cm³/mol. The minimum Gasteiger partial charge on any atom is -0.465 e. The van der Waals surface area contributed by atoms with Crippen LogP contribution in [-0.2, 0) is 4.74 Å². The molecule has 2 aromatic heterocycles. The Kier molecular flexibility index (Phi) is 4.28. The number of pyridine rings is 1. The van der Waals surface area contributed by atoms with Gasteiger partial charge in [0.2, 0.25) is 5.56 Å². The van der Waals surface area contributed by atoms with E-state index in [0.29, 0.717) is 37.6 Å². The highest BCUT2D eigenvalue weighted by Crippen LogP contribution is 2.34. The Morgan fingerprint density at radius 1 is 1.28 bits per heavy atom. The summed E-state index contributed by atoms with van der Waals surface area (Å²) in [6, 6.07) is 7.83. The molecule has 2 heterocycles. The molecule has 128 valence electrons. The Bertz CT molecular complexity index is 1050. The number of hydrogen-bond donors (Lipinski definition) is 3. The number of aromatic nitrogens is 1. The van der Waals surface area contributed by atoms with E-state index >= 15 is 0 Å². The van der Waals surface area contributed by atoms with Gasteiger partial charge in [-0.1, -0.05) is 6.07 Å². The fourth-order valence-electron chi connectivity index (χ4n) is 2.54. The van der Waals surface area contributed by atoms with Crippen molar-refractivity contribution in [2.45, 2.75) is 6.92 Å². The number of amides is 1. The third kappa shape index (κ3) is 3.11. The number of fused-ring (bicyclic) bond motifs is 1. The molecule has 25 heavy (non-hydrogen) atoms. The van der Waals surface area contributed by atoms with Crippen LogP contribution in [0.1, 0.15) is 25.6 Å². The van der Waals surface area contributed by atoms with E-state index in [1.807, 2.05) is 0 Å². The van der Waals surface area contributed by atoms with Gasteiger partial charge < -0.3 is 20.8 Å². The van der Waals surface area contributed by atoms with E-state index in [4.69, 9.17) is 5.73 Å². The lowest BCUT2D eigenvalue weighted by Gasteiger charge is -2.06. The van der Waals surface area contributed by atoms with Gasteiger partial charge in [0.05, 0.1) is 18.4 Å². The third-order valence-corrected chi connectivity index (χ3v) is 4.79. The number of hydrogen-bond acceptors (Lipinski definition) is 6. The Labute approximate surface area is 146 Å². The maximum Gasteiger partial charge on any atom is 0.337 e. The normalized spacial score (nSPS) is 10.6. The van der Waals surface area contributed by atoms with E-state index < -0.39 is 11.9 Å². The zero-order valence-electron chi connectivity index (χ0n) is 13.5. The number of methoxy groups -OCH3 is 1. The summed E-state index contributed by atoms with van der Waals surface area (Å²) in [5.41, 5.74) is 7.64. The average molecular weight is 357 g/mol. The van der Waals surface area contributed by atoms with E-state index in [1.165, 1.54) is 19.2 Å². The smallest absolute Gasteiger partial charge is 0.337 e. The van der Waals surface area contributed by atoms with Crippen LogP contribution in [0.3, 0.4) is 0 Å². The first kappa shape index (κ1) is 16.7. The number of nitrogens with two attached hydrogens (primary N) is 1. The number of thiophene rings is 1. The number of nitrogen functional groups attached to an aromatic ring is 1. The molecule has 0 aliphatic heterocycles. The second kappa shape index (κ2) is 6.40. The molecule has 0 saturated carbocycles. The van der Waals surface area contributed by atoms with Crippen molar-refractivity contribution in [1.82, 2.24) is 4.98 Å². The highest BCUT2D eigenvalue weighted by atomic mass is 32.1. The largest absolute Gasteiger partial charge is 0.465 e. The second-order valence-electron chi connectivity index (χ2n) is 5.39. The van der Waals surface area contributed by atoms with Gasteiger partial charge in [0.1, 0.15) is 9.71 Å². The number of aromatic amines is 1. The van der Waals surface area contributed by atoms with Crippen LogP contribution in [0.2, 0.25) is 0 Å². The molecular formula is C17H15N3O4S. The first-order valence-electron chi connectivity index (χ1n) is 7.32. The standard InChI is InChI=1S/C17H15N3O4S/c1-8-6-11(21)20-16-12(8)13(18)14(25-16)15(22)19-10-5-3-4-9(7-10)17(23)24-2/h3-7H,18H2,1-2H3,(H,19,22)(H,20,21). The van der Waals surface area contributed by atoms with E-state index in [1.54, 1.807) is 25.1 Å². The molecule has 0 aliphatic rings. The number of aryl methyl sites for hydroxylation is 1. The molecule has 1 amide bonds. The monoisotopic (exact) mass is 357 g/mol. The molecule has 0 radical (unpaired) electrons. The van der Waals surface area contributed by atoms with Crippen molar-refractivity contribution in [1.29, 1.82) is 0 Å². The van der Waals surface area contributed by atoms with Crippen molar-refractivity contribution in [3.05, 3.63) is 56.7 Å². The lowest BCUT2D eigenvalue weighted by atomic mass is 10.1. The number of esters is 1. The molecular weight excluding hydrogens is 342 g/mol. The molecule has 7 nitrogen and oxygen atoms in total. The van der Waals surface area contributed by atoms with Gasteiger partial charge in [0.25, 0.3) is 5.91 Å². The van der Waals surface area contributed by atoms with E-state index in [-0.39, 0.29) is 5.56 Å². The summed E-state index contributed by atoms with van der Waals surface area (Å²) < 4.78 is 4.66. The molecule has 3 rings (SSSR count). The van der Waals surface area contributed by atoms with Crippen molar-refractivity contribution in [3.63, 3.8) is 0 Å². The van der Waals surface area contributed by atoms with Crippen LogP contribution in [0.5, 0.6) is 0 Å². The summed E-state index contributed by atoms with van der Waals surface area (Å²) in [7, 11) is 1.29. The van der Waals surface area contributed by atoms with Crippen LogP contribution in [0.25, 0.3) is 10.2 Å². The van der Waals surface area contributed by atoms with Crippen molar-refractivity contribution in [3.8, 4) is 0 Å². The minimum atomic E-state index is -0.495. The van der Waals surface area contributed by atoms with Crippen LogP contribution in [0.4, 0.5) is 11.4 Å². The summed E-state index contributed by atoms with van der Waals surface area (Å²) >= 11 is 1.11. The van der Waals surface area contributed by atoms with Gasteiger partial charge in [0, 0.05) is 17.1 Å². The van der Waals surface area contributed by atoms with E-state index in [9.17, 15) is 14.4 Å². The molecule has 0 bridgehead atoms. The summed E-state index contributed by atoms with van der Waals surface area (Å²) in [6.45, 7) is 1.77. The first-order valence-corrected chi connectivity index (χ1v) is 8.14. The van der Waals surface area contributed by atoms with Crippen molar-refractivity contribution >= 4 is 44.8 Å². The summed E-state index contributed by atoms with van der Waals surface area (Å²) in [5, 5.41) is 3.37. The number of benzene rings is 1. The number of nitrogens with one attached hydrogen (secondary N) is 2. The highest BCUT2D eigenvalue weighted by molar-refractivity contribution is 7.21. The molecule has 0 aliphatic carbocycles. The summed E-state index contributed by atoms with van der Waals surface area (Å²) in [4.78, 5) is 39.3. The van der Waals surface area contributed by atoms with E-state index in [2.05, 4.69) is 15.0 Å². The zero-order chi connectivity index (χ0) is 18.1. The van der Waals surface area contributed by atoms with Crippen molar-refractivity contribution in [2.75, 3.05) is 18.2 Å². The van der Waals surface area contributed by atoms with Crippen LogP contribution in [0.15, 0.2) is 35.1 Å². The Morgan fingerprint density at radius 2 is 2.04 bits per heavy atom. The molecule has 0 spiro atoms. The van der Waals surface area contributed by atoms with Crippen LogP contribution < -0.4 is 16.6 Å². The van der Waals surface area contributed by atoms with E-state index in [0.717, 1.165) is 11.3 Å². The maximum absolute atomic E-state index is 12.6. The van der Waals surface area contributed by atoms with Gasteiger partial charge in [-0.2, -0.15) is 0 Å². The number of ether oxygens (including phenoxy) is 1. The second-order valence-corrected chi connectivity index (χ2v) is 6.41. The predicted octanol–water partition coefficient (Wildman–Crippen LogP) is 2.52. The number of rotatable bonds is 3. The Morgan fingerprint density at radius 3 is 2.76 bits per heavy atom. The third-order valence-electron chi connectivity index (χ3n) is 3.67. The number of carbonyl (C=O) groups excluding carboxylic acids is 2. The summed E-state index contributed by atoms with van der Waals surface area (Å²) in [5.74, 6) is -0.911. The Hall–Kier alpha value is -3.13. The van der Waals surface area contributed by atoms with Crippen LogP contribution in [-0.4, -0.2) is 24.0 Å². The minimum absolute atomic E-state index is 0.246. The van der Waals surface area contributed by atoms with Crippen LogP contribution >= 0.6 is 11.3 Å². The molecule has 0 saturated heterocycles. The molecule has 0 fully saturated rings. The summed E-state index contributed by atoms with van der Waals surface area (Å²) in [6.07, 6.45) is 0. The van der Waals surface area contributed by atoms with Gasteiger partial charge >= 0.3 is 5.97 Å². The number of carbonyl (C=O) groups is 2. The fraction of sp³-hybridized carbons (Fsp3) is 0.118. The van der Waals surface area contributed by atoms with Gasteiger partial charge in [0.15, 0.2) is 0 Å². The average Bonchev–Trinajstić information content (AvgIpc) is 2.91. The molecule has 8 heteroatoms. The molecule has 0 atom stereocenters. The fourth-order valence-corrected chi connectivity index (χ4v) is 3.62. The van der Waals surface area contributed by atoms with Gasteiger partial charge in [-0.05, 0) is 30.7 Å². The molecule has 0 unspecified atom stereocenters. The molecule has 4 N–H and O–H groups in total. The van der Waals surface area contributed by atoms with Crippen molar-refractivity contribution < 1.29 is 14.3 Å². The highest BCUT2D eigenvalue weighted by Gasteiger charge is 2.19.